The standard InChI is InChI=1S/C28H34N4O6S/c1-32-18-29-31-28(32)39-17-23-15-24(20-12-10-19(16-33)11-13-20)38-27(37-23)21-6-5-7-22(14-21)30-25(34)8-3-2-4-9-26(35)36/h5-7,10-14,18,23-24,27,33H,2-4,8-9,15-17H2,1H3,(H,30,34)(H,35,36). The van der Waals surface area contributed by atoms with Crippen molar-refractivity contribution in [3.05, 3.63) is 71.5 Å². The van der Waals surface area contributed by atoms with Crippen molar-refractivity contribution < 1.29 is 29.3 Å². The Morgan fingerprint density at radius 3 is 2.59 bits per heavy atom. The Morgan fingerprint density at radius 1 is 1.08 bits per heavy atom. The fraction of sp³-hybridized carbons (Fsp3) is 0.429. The van der Waals surface area contributed by atoms with Crippen molar-refractivity contribution in [1.29, 1.82) is 0 Å². The van der Waals surface area contributed by atoms with E-state index in [4.69, 9.17) is 14.6 Å². The van der Waals surface area contributed by atoms with Crippen LogP contribution in [-0.4, -0.2) is 48.7 Å². The molecule has 1 aromatic heterocycles. The molecule has 0 saturated carbocycles. The normalized spacial score (nSPS) is 19.1. The molecule has 0 radical (unpaired) electrons. The molecule has 1 saturated heterocycles. The summed E-state index contributed by atoms with van der Waals surface area (Å²) < 4.78 is 14.6. The molecule has 2 aromatic carbocycles. The topological polar surface area (TPSA) is 136 Å². The van der Waals surface area contributed by atoms with E-state index in [9.17, 15) is 14.7 Å². The molecule has 0 aliphatic carbocycles. The number of carboxylic acids is 1. The largest absolute Gasteiger partial charge is 0.481 e. The number of aryl methyl sites for hydroxylation is 1. The second-order valence-corrected chi connectivity index (χ2v) is 10.5. The van der Waals surface area contributed by atoms with Gasteiger partial charge in [0.05, 0.1) is 18.8 Å². The number of benzene rings is 2. The first-order valence-electron chi connectivity index (χ1n) is 13.0. The van der Waals surface area contributed by atoms with Gasteiger partial charge in [-0.05, 0) is 36.1 Å². The summed E-state index contributed by atoms with van der Waals surface area (Å²) >= 11 is 1.57. The number of aliphatic carboxylic acids is 1. The molecule has 0 bridgehead atoms. The van der Waals surface area contributed by atoms with Gasteiger partial charge in [-0.3, -0.25) is 9.59 Å². The van der Waals surface area contributed by atoms with Crippen LogP contribution in [0.3, 0.4) is 0 Å². The van der Waals surface area contributed by atoms with Crippen molar-refractivity contribution in [2.24, 2.45) is 7.05 Å². The molecule has 3 atom stereocenters. The van der Waals surface area contributed by atoms with E-state index >= 15 is 0 Å². The van der Waals surface area contributed by atoms with Crippen LogP contribution in [0.25, 0.3) is 0 Å². The molecule has 39 heavy (non-hydrogen) atoms. The van der Waals surface area contributed by atoms with Gasteiger partial charge < -0.3 is 29.6 Å². The predicted molar refractivity (Wildman–Crippen MR) is 146 cm³/mol. The van der Waals surface area contributed by atoms with E-state index in [1.165, 1.54) is 0 Å². The molecule has 3 N–H and O–H groups in total. The molecule has 3 aromatic rings. The zero-order valence-electron chi connectivity index (χ0n) is 21.9. The van der Waals surface area contributed by atoms with Crippen LogP contribution in [0.2, 0.25) is 0 Å². The summed E-state index contributed by atoms with van der Waals surface area (Å²) in [5, 5.41) is 30.0. The average Bonchev–Trinajstić information content (AvgIpc) is 3.36. The Morgan fingerprint density at radius 2 is 1.87 bits per heavy atom. The third kappa shape index (κ3) is 8.62. The number of nitrogens with zero attached hydrogens (tertiary/aromatic N) is 3. The van der Waals surface area contributed by atoms with E-state index in [1.54, 1.807) is 18.1 Å². The highest BCUT2D eigenvalue weighted by Crippen LogP contribution is 2.39. The number of carboxylic acid groups (broad SMARTS) is 1. The molecule has 2 heterocycles. The number of aliphatic hydroxyl groups is 1. The molecule has 1 fully saturated rings. The molecule has 4 rings (SSSR count). The lowest BCUT2D eigenvalue weighted by Gasteiger charge is -2.36. The summed E-state index contributed by atoms with van der Waals surface area (Å²) in [4.78, 5) is 23.1. The number of aliphatic hydroxyl groups excluding tert-OH is 1. The van der Waals surface area contributed by atoms with E-state index in [0.717, 1.165) is 21.8 Å². The van der Waals surface area contributed by atoms with Gasteiger partial charge in [0.15, 0.2) is 11.4 Å². The van der Waals surface area contributed by atoms with Crippen LogP contribution < -0.4 is 5.32 Å². The van der Waals surface area contributed by atoms with Crippen LogP contribution in [0.1, 0.15) is 67.6 Å². The number of nitrogens with one attached hydrogen (secondary N) is 1. The molecule has 1 amide bonds. The maximum atomic E-state index is 12.4. The first kappa shape index (κ1) is 28.8. The number of carbonyl (C=O) groups is 2. The zero-order valence-corrected chi connectivity index (χ0v) is 22.7. The summed E-state index contributed by atoms with van der Waals surface area (Å²) in [6.45, 7) is -0.0185. The minimum Gasteiger partial charge on any atom is -0.481 e. The van der Waals surface area contributed by atoms with Crippen LogP contribution in [0, 0.1) is 0 Å². The molecular formula is C28H34N4O6S. The number of amides is 1. The van der Waals surface area contributed by atoms with Crippen molar-refractivity contribution in [2.45, 2.75) is 68.8 Å². The predicted octanol–water partition coefficient (Wildman–Crippen LogP) is 4.62. The van der Waals surface area contributed by atoms with E-state index in [-0.39, 0.29) is 31.1 Å². The van der Waals surface area contributed by atoms with E-state index in [2.05, 4.69) is 15.5 Å². The Hall–Kier alpha value is -3.25. The molecule has 1 aliphatic heterocycles. The van der Waals surface area contributed by atoms with Gasteiger partial charge in [0.2, 0.25) is 5.91 Å². The summed E-state index contributed by atoms with van der Waals surface area (Å²) in [7, 11) is 1.90. The SMILES string of the molecule is Cn1cnnc1SCC1CC(c2ccc(CO)cc2)OC(c2cccc(NC(=O)CCCCCC(=O)O)c2)O1. The zero-order chi connectivity index (χ0) is 27.6. The highest BCUT2D eigenvalue weighted by molar-refractivity contribution is 7.99. The third-order valence-electron chi connectivity index (χ3n) is 6.42. The highest BCUT2D eigenvalue weighted by atomic mass is 32.2. The second-order valence-electron chi connectivity index (χ2n) is 9.51. The fourth-order valence-electron chi connectivity index (χ4n) is 4.32. The summed E-state index contributed by atoms with van der Waals surface area (Å²) in [5.41, 5.74) is 3.28. The second kappa shape index (κ2) is 14.2. The van der Waals surface area contributed by atoms with Gasteiger partial charge in [-0.15, -0.1) is 10.2 Å². The Kier molecular flexibility index (Phi) is 10.5. The van der Waals surface area contributed by atoms with Crippen molar-refractivity contribution in [3.63, 3.8) is 0 Å². The van der Waals surface area contributed by atoms with Gasteiger partial charge in [0.1, 0.15) is 6.33 Å². The van der Waals surface area contributed by atoms with E-state index in [1.807, 2.05) is 60.1 Å². The molecule has 3 unspecified atom stereocenters. The van der Waals surface area contributed by atoms with Crippen molar-refractivity contribution in [1.82, 2.24) is 14.8 Å². The fourth-order valence-corrected chi connectivity index (χ4v) is 5.22. The Bertz CT molecular complexity index is 1230. The number of aromatic nitrogens is 3. The highest BCUT2D eigenvalue weighted by Gasteiger charge is 2.32. The number of unbranched alkanes of at least 4 members (excludes halogenated alkanes) is 2. The Labute approximate surface area is 231 Å². The van der Waals surface area contributed by atoms with Crippen LogP contribution >= 0.6 is 11.8 Å². The lowest BCUT2D eigenvalue weighted by Crippen LogP contribution is -2.31. The van der Waals surface area contributed by atoms with Gasteiger partial charge in [0, 0.05) is 43.3 Å². The lowest BCUT2D eigenvalue weighted by atomic mass is 10.0. The number of carbonyl (C=O) groups excluding carboxylic acids is 1. The quantitative estimate of drug-likeness (QED) is 0.204. The van der Waals surface area contributed by atoms with Crippen LogP contribution in [0.4, 0.5) is 5.69 Å². The van der Waals surface area contributed by atoms with Gasteiger partial charge >= 0.3 is 5.97 Å². The minimum absolute atomic E-state index is 0.0185. The summed E-state index contributed by atoms with van der Waals surface area (Å²) in [5.74, 6) is -0.273. The van der Waals surface area contributed by atoms with Gasteiger partial charge in [-0.1, -0.05) is 54.6 Å². The number of anilines is 1. The van der Waals surface area contributed by atoms with E-state index in [0.29, 0.717) is 43.5 Å². The van der Waals surface area contributed by atoms with Crippen molar-refractivity contribution in [3.8, 4) is 0 Å². The van der Waals surface area contributed by atoms with Crippen LogP contribution in [0.5, 0.6) is 0 Å². The number of thioether (sulfide) groups is 1. The van der Waals surface area contributed by atoms with E-state index < -0.39 is 12.3 Å². The first-order chi connectivity index (χ1) is 18.9. The van der Waals surface area contributed by atoms with Crippen molar-refractivity contribution in [2.75, 3.05) is 11.1 Å². The molecule has 10 nitrogen and oxygen atoms in total. The molecular weight excluding hydrogens is 520 g/mol. The minimum atomic E-state index is -0.817. The van der Waals surface area contributed by atoms with Gasteiger partial charge in [0.25, 0.3) is 0 Å². The lowest BCUT2D eigenvalue weighted by molar-refractivity contribution is -0.245. The molecule has 208 valence electrons. The summed E-state index contributed by atoms with van der Waals surface area (Å²) in [6.07, 6.45) is 3.67. The smallest absolute Gasteiger partial charge is 0.303 e. The number of ether oxygens (including phenoxy) is 2. The maximum absolute atomic E-state index is 12.4. The Balaban J connectivity index is 1.43. The molecule has 0 spiro atoms. The maximum Gasteiger partial charge on any atom is 0.303 e. The number of hydrogen-bond donors (Lipinski definition) is 3. The van der Waals surface area contributed by atoms with Gasteiger partial charge in [-0.2, -0.15) is 0 Å². The van der Waals surface area contributed by atoms with Crippen LogP contribution in [-0.2, 0) is 32.7 Å². The number of rotatable bonds is 13. The summed E-state index contributed by atoms with van der Waals surface area (Å²) in [6, 6.07) is 15.2. The number of hydrogen-bond acceptors (Lipinski definition) is 8. The average molecular weight is 555 g/mol. The van der Waals surface area contributed by atoms with Crippen molar-refractivity contribution >= 4 is 29.3 Å². The monoisotopic (exact) mass is 554 g/mol. The first-order valence-corrected chi connectivity index (χ1v) is 14.0. The van der Waals surface area contributed by atoms with Gasteiger partial charge in [-0.25, -0.2) is 0 Å². The molecule has 1 aliphatic rings. The molecule has 11 heteroatoms. The third-order valence-corrected chi connectivity index (χ3v) is 7.59. The van der Waals surface area contributed by atoms with Crippen LogP contribution in [0.15, 0.2) is 60.0 Å².